The lowest BCUT2D eigenvalue weighted by molar-refractivity contribution is -0.135. The Kier molecular flexibility index (Phi) is 11.9. The minimum Gasteiger partial charge on any atom is -0.506 e. The van der Waals surface area contributed by atoms with Crippen LogP contribution >= 0.6 is 35.6 Å². The maximum Gasteiger partial charge on any atom is 0.259 e. The van der Waals surface area contributed by atoms with Gasteiger partial charge in [-0.1, -0.05) is 41.8 Å². The number of anilines is 2. The van der Waals surface area contributed by atoms with Crippen molar-refractivity contribution in [3.8, 4) is 5.75 Å². The van der Waals surface area contributed by atoms with Crippen LogP contribution < -0.4 is 10.6 Å². The second-order valence-corrected chi connectivity index (χ2v) is 11.9. The zero-order valence-corrected chi connectivity index (χ0v) is 26.6. The minimum atomic E-state index is -0.630. The summed E-state index contributed by atoms with van der Waals surface area (Å²) >= 11 is 12.0. The summed E-state index contributed by atoms with van der Waals surface area (Å²) in [7, 11) is 0. The van der Waals surface area contributed by atoms with E-state index in [9.17, 15) is 19.5 Å². The zero-order valence-electron chi connectivity index (χ0n) is 24.2. The van der Waals surface area contributed by atoms with Crippen LogP contribution in [0.25, 0.3) is 0 Å². The average Bonchev–Trinajstić information content (AvgIpc) is 3.01. The van der Waals surface area contributed by atoms with Gasteiger partial charge in [-0.15, -0.1) is 12.4 Å². The van der Waals surface area contributed by atoms with Crippen LogP contribution in [0.15, 0.2) is 54.7 Å². The Morgan fingerprint density at radius 1 is 0.886 bits per heavy atom. The normalized spacial score (nSPS) is 17.1. The van der Waals surface area contributed by atoms with E-state index in [4.69, 9.17) is 23.2 Å². The van der Waals surface area contributed by atoms with Crippen LogP contribution in [-0.4, -0.2) is 70.3 Å². The molecular formula is C32H36Cl3N5O4. The van der Waals surface area contributed by atoms with Crippen LogP contribution in [0.2, 0.25) is 10.0 Å². The summed E-state index contributed by atoms with van der Waals surface area (Å²) < 4.78 is 0. The molecule has 0 saturated carbocycles. The third-order valence-corrected chi connectivity index (χ3v) is 8.43. The van der Waals surface area contributed by atoms with Crippen molar-refractivity contribution in [3.05, 3.63) is 81.5 Å². The van der Waals surface area contributed by atoms with Gasteiger partial charge in [-0.3, -0.25) is 14.4 Å². The smallest absolute Gasteiger partial charge is 0.259 e. The molecule has 2 saturated heterocycles. The molecule has 234 valence electrons. The van der Waals surface area contributed by atoms with Crippen molar-refractivity contribution in [2.24, 2.45) is 0 Å². The molecule has 1 aromatic heterocycles. The van der Waals surface area contributed by atoms with Crippen molar-refractivity contribution in [2.45, 2.75) is 44.4 Å². The predicted molar refractivity (Wildman–Crippen MR) is 175 cm³/mol. The molecule has 3 heterocycles. The fourth-order valence-corrected chi connectivity index (χ4v) is 6.05. The fraction of sp³-hybridized carbons (Fsp3) is 0.375. The summed E-state index contributed by atoms with van der Waals surface area (Å²) in [6, 6.07) is 12.6. The lowest BCUT2D eigenvalue weighted by Gasteiger charge is -2.33. The first-order chi connectivity index (χ1) is 20.8. The number of nitrogens with one attached hydrogen (secondary N) is 2. The first kappa shape index (κ1) is 33.5. The van der Waals surface area contributed by atoms with Crippen molar-refractivity contribution < 1.29 is 19.5 Å². The molecule has 0 aliphatic carbocycles. The molecule has 3 N–H and O–H groups in total. The van der Waals surface area contributed by atoms with E-state index in [0.717, 1.165) is 57.5 Å². The van der Waals surface area contributed by atoms with Gasteiger partial charge in [0.25, 0.3) is 11.8 Å². The summed E-state index contributed by atoms with van der Waals surface area (Å²) in [4.78, 5) is 48.0. The average molecular weight is 661 g/mol. The maximum atomic E-state index is 13.3. The number of amides is 3. The largest absolute Gasteiger partial charge is 0.506 e. The van der Waals surface area contributed by atoms with Gasteiger partial charge in [-0.05, 0) is 87.6 Å². The van der Waals surface area contributed by atoms with Crippen LogP contribution in [0.3, 0.4) is 0 Å². The van der Waals surface area contributed by atoms with Gasteiger partial charge in [-0.2, -0.15) is 0 Å². The Morgan fingerprint density at radius 3 is 2.34 bits per heavy atom. The Morgan fingerprint density at radius 2 is 1.64 bits per heavy atom. The van der Waals surface area contributed by atoms with E-state index < -0.39 is 11.8 Å². The maximum absolute atomic E-state index is 13.3. The molecule has 9 nitrogen and oxygen atoms in total. The Hall–Kier alpha value is -3.37. The number of nitrogens with zero attached hydrogens (tertiary/aromatic N) is 3. The molecular weight excluding hydrogens is 625 g/mol. The number of hydrogen-bond donors (Lipinski definition) is 3. The Bertz CT molecular complexity index is 1460. The van der Waals surface area contributed by atoms with Crippen molar-refractivity contribution in [1.29, 1.82) is 0 Å². The summed E-state index contributed by atoms with van der Waals surface area (Å²) in [5, 5.41) is 16.3. The van der Waals surface area contributed by atoms with Crippen LogP contribution in [-0.2, 0) is 4.79 Å². The third kappa shape index (κ3) is 8.41. The number of halogens is 3. The van der Waals surface area contributed by atoms with Crippen molar-refractivity contribution in [3.63, 3.8) is 0 Å². The summed E-state index contributed by atoms with van der Waals surface area (Å²) in [6.45, 7) is 4.89. The van der Waals surface area contributed by atoms with Gasteiger partial charge in [0.15, 0.2) is 0 Å². The van der Waals surface area contributed by atoms with E-state index in [0.29, 0.717) is 10.6 Å². The van der Waals surface area contributed by atoms with Crippen LogP contribution in [0.1, 0.15) is 70.7 Å². The van der Waals surface area contributed by atoms with E-state index in [-0.39, 0.29) is 52.1 Å². The number of hydrogen-bond acceptors (Lipinski definition) is 6. The van der Waals surface area contributed by atoms with Gasteiger partial charge in [0.05, 0.1) is 22.2 Å². The molecule has 3 amide bonds. The van der Waals surface area contributed by atoms with Crippen molar-refractivity contribution in [2.75, 3.05) is 43.4 Å². The Labute approximate surface area is 273 Å². The molecule has 2 fully saturated rings. The summed E-state index contributed by atoms with van der Waals surface area (Å²) in [6.07, 6.45) is 7.91. The highest BCUT2D eigenvalue weighted by Crippen LogP contribution is 2.33. The number of aromatic nitrogens is 1. The molecule has 2 aliphatic rings. The number of piperidine rings is 2. The highest BCUT2D eigenvalue weighted by Gasteiger charge is 2.30. The van der Waals surface area contributed by atoms with Gasteiger partial charge in [-0.25, -0.2) is 4.98 Å². The minimum absolute atomic E-state index is 0. The number of pyridine rings is 1. The second-order valence-electron chi connectivity index (χ2n) is 11.0. The molecule has 44 heavy (non-hydrogen) atoms. The van der Waals surface area contributed by atoms with Gasteiger partial charge in [0, 0.05) is 35.9 Å². The number of rotatable bonds is 9. The number of phenols is 1. The SMILES string of the molecule is Cl.O=C(Nc1c(O)cc(Cl)cc1C(=O)Nc1ccc(Cl)cn1)c1ccc(C2CCCN(CCCN3CCCCC3)C2=O)cc1. The highest BCUT2D eigenvalue weighted by molar-refractivity contribution is 6.32. The predicted octanol–water partition coefficient (Wildman–Crippen LogP) is 6.60. The molecule has 1 unspecified atom stereocenters. The molecule has 12 heteroatoms. The van der Waals surface area contributed by atoms with E-state index in [1.807, 2.05) is 4.90 Å². The molecule has 2 aliphatic heterocycles. The Balaban J connectivity index is 0.00000442. The molecule has 5 rings (SSSR count). The van der Waals surface area contributed by atoms with E-state index in [1.165, 1.54) is 43.7 Å². The lowest BCUT2D eigenvalue weighted by Crippen LogP contribution is -2.42. The third-order valence-electron chi connectivity index (χ3n) is 7.99. The standard InChI is InChI=1S/C32H35Cl2N5O4.ClH/c33-23-11-12-28(35-20-23)36-31(42)26-18-24(34)19-27(40)29(26)37-30(41)22-9-7-21(8-10-22)25-6-4-16-39(32(25)43)17-5-15-38-13-2-1-3-14-38;/h7-12,18-20,25,40H,1-6,13-17H2,(H,37,41)(H,35,36,42);1H. The van der Waals surface area contributed by atoms with Gasteiger partial charge >= 0.3 is 0 Å². The molecule has 2 aromatic carbocycles. The van der Waals surface area contributed by atoms with Gasteiger partial charge < -0.3 is 25.5 Å². The van der Waals surface area contributed by atoms with Crippen molar-refractivity contribution >= 4 is 64.8 Å². The van der Waals surface area contributed by atoms with E-state index in [1.54, 1.807) is 30.3 Å². The molecule has 3 aromatic rings. The molecule has 0 radical (unpaired) electrons. The number of benzene rings is 2. The monoisotopic (exact) mass is 659 g/mol. The highest BCUT2D eigenvalue weighted by atomic mass is 35.5. The summed E-state index contributed by atoms with van der Waals surface area (Å²) in [5.74, 6) is -1.39. The summed E-state index contributed by atoms with van der Waals surface area (Å²) in [5.41, 5.74) is 1.05. The number of carbonyl (C=O) groups is 3. The fourth-order valence-electron chi connectivity index (χ4n) is 5.73. The van der Waals surface area contributed by atoms with Crippen LogP contribution in [0.5, 0.6) is 5.75 Å². The van der Waals surface area contributed by atoms with Crippen molar-refractivity contribution in [1.82, 2.24) is 14.8 Å². The zero-order chi connectivity index (χ0) is 30.3. The quantitative estimate of drug-likeness (QED) is 0.223. The van der Waals surface area contributed by atoms with Crippen LogP contribution in [0, 0.1) is 0 Å². The molecule has 0 spiro atoms. The van der Waals surface area contributed by atoms with E-state index >= 15 is 0 Å². The van der Waals surface area contributed by atoms with Gasteiger partial charge in [0.2, 0.25) is 5.91 Å². The number of likely N-dealkylation sites (tertiary alicyclic amines) is 2. The number of carbonyl (C=O) groups excluding carboxylic acids is 3. The molecule has 0 bridgehead atoms. The lowest BCUT2D eigenvalue weighted by atomic mass is 9.89. The second kappa shape index (κ2) is 15.6. The first-order valence-electron chi connectivity index (χ1n) is 14.7. The number of phenolic OH excluding ortho intramolecular Hbond substituents is 1. The van der Waals surface area contributed by atoms with E-state index in [2.05, 4.69) is 20.5 Å². The number of aromatic hydroxyl groups is 1. The van der Waals surface area contributed by atoms with Crippen LogP contribution in [0.4, 0.5) is 11.5 Å². The first-order valence-corrected chi connectivity index (χ1v) is 15.4. The van der Waals surface area contributed by atoms with Gasteiger partial charge in [0.1, 0.15) is 11.6 Å². The molecule has 1 atom stereocenters. The topological polar surface area (TPSA) is 115 Å².